The summed E-state index contributed by atoms with van der Waals surface area (Å²) < 4.78 is 5.53. The van der Waals surface area contributed by atoms with E-state index in [2.05, 4.69) is 15.8 Å². The van der Waals surface area contributed by atoms with Crippen molar-refractivity contribution < 1.29 is 18.9 Å². The molecule has 3 rings (SSSR count). The second kappa shape index (κ2) is 8.61. The summed E-state index contributed by atoms with van der Waals surface area (Å²) in [6.07, 6.45) is 1.22. The monoisotopic (exact) mass is 392 g/mol. The molecule has 3 aromatic rings. The minimum absolute atomic E-state index is 0.0547. The summed E-state index contributed by atoms with van der Waals surface area (Å²) in [5.74, 6) is -1.10. The molecule has 0 aliphatic heterocycles. The lowest BCUT2D eigenvalue weighted by molar-refractivity contribution is -0.384. The van der Waals surface area contributed by atoms with Gasteiger partial charge < -0.3 is 9.73 Å². The van der Waals surface area contributed by atoms with Crippen molar-refractivity contribution in [3.8, 4) is 11.3 Å². The number of nitro groups is 1. The van der Waals surface area contributed by atoms with E-state index in [0.29, 0.717) is 22.8 Å². The van der Waals surface area contributed by atoms with Crippen LogP contribution < -0.4 is 10.7 Å². The zero-order valence-corrected chi connectivity index (χ0v) is 15.3. The van der Waals surface area contributed by atoms with Crippen LogP contribution in [0.15, 0.2) is 70.2 Å². The van der Waals surface area contributed by atoms with Crippen molar-refractivity contribution in [2.45, 2.75) is 6.92 Å². The number of furan rings is 1. The quantitative estimate of drug-likeness (QED) is 0.298. The van der Waals surface area contributed by atoms with Gasteiger partial charge in [0.25, 0.3) is 5.69 Å². The summed E-state index contributed by atoms with van der Waals surface area (Å²) in [7, 11) is 0. The first kappa shape index (κ1) is 19.5. The Hall–Kier alpha value is -4.27. The fourth-order valence-electron chi connectivity index (χ4n) is 2.38. The van der Waals surface area contributed by atoms with Crippen molar-refractivity contribution in [1.29, 1.82) is 0 Å². The molecule has 1 heterocycles. The number of rotatable bonds is 5. The van der Waals surface area contributed by atoms with Gasteiger partial charge in [0, 0.05) is 23.4 Å². The lowest BCUT2D eigenvalue weighted by Crippen LogP contribution is -2.32. The average molecular weight is 392 g/mol. The van der Waals surface area contributed by atoms with Crippen LogP contribution in [-0.2, 0) is 9.59 Å². The standard InChI is InChI=1S/C20H16N4O5/c1-13-5-7-15(8-6-13)22-19(25)20(26)23-21-12-17-9-10-18(29-17)14-3-2-4-16(11-14)24(27)28/h2-12H,1H3,(H,22,25)(H,23,26)/b21-12-. The van der Waals surface area contributed by atoms with E-state index in [1.807, 2.05) is 19.1 Å². The SMILES string of the molecule is Cc1ccc(NC(=O)C(=O)N/N=C\c2ccc(-c3cccc([N+](=O)[O-])c3)o2)cc1. The van der Waals surface area contributed by atoms with E-state index in [-0.39, 0.29) is 5.69 Å². The number of nitrogens with one attached hydrogen (secondary N) is 2. The van der Waals surface area contributed by atoms with E-state index >= 15 is 0 Å². The molecule has 2 amide bonds. The fraction of sp³-hybridized carbons (Fsp3) is 0.0500. The van der Waals surface area contributed by atoms with Gasteiger partial charge in [-0.3, -0.25) is 19.7 Å². The highest BCUT2D eigenvalue weighted by Crippen LogP contribution is 2.25. The molecule has 2 N–H and O–H groups in total. The molecule has 0 atom stereocenters. The van der Waals surface area contributed by atoms with E-state index in [0.717, 1.165) is 5.56 Å². The van der Waals surface area contributed by atoms with Gasteiger partial charge in [0.15, 0.2) is 0 Å². The molecule has 0 bridgehead atoms. The number of aryl methyl sites for hydroxylation is 1. The first-order valence-electron chi connectivity index (χ1n) is 8.48. The highest BCUT2D eigenvalue weighted by Gasteiger charge is 2.13. The lowest BCUT2D eigenvalue weighted by Gasteiger charge is -2.03. The zero-order valence-electron chi connectivity index (χ0n) is 15.3. The van der Waals surface area contributed by atoms with Crippen molar-refractivity contribution in [1.82, 2.24) is 5.43 Å². The van der Waals surface area contributed by atoms with E-state index in [9.17, 15) is 19.7 Å². The van der Waals surface area contributed by atoms with Gasteiger partial charge in [0.2, 0.25) is 0 Å². The second-order valence-electron chi connectivity index (χ2n) is 6.03. The molecule has 9 nitrogen and oxygen atoms in total. The molecule has 0 radical (unpaired) electrons. The Morgan fingerprint density at radius 1 is 1.07 bits per heavy atom. The number of nitrogens with zero attached hydrogens (tertiary/aromatic N) is 2. The third-order valence-electron chi connectivity index (χ3n) is 3.84. The molecular formula is C20H16N4O5. The Bertz CT molecular complexity index is 1090. The third kappa shape index (κ3) is 5.13. The van der Waals surface area contributed by atoms with E-state index in [1.165, 1.54) is 18.3 Å². The van der Waals surface area contributed by atoms with Crippen molar-refractivity contribution in [3.05, 3.63) is 82.1 Å². The van der Waals surface area contributed by atoms with Crippen molar-refractivity contribution in [3.63, 3.8) is 0 Å². The Balaban J connectivity index is 1.58. The molecule has 0 saturated heterocycles. The summed E-state index contributed by atoms with van der Waals surface area (Å²) in [6.45, 7) is 1.91. The van der Waals surface area contributed by atoms with E-state index in [1.54, 1.807) is 36.4 Å². The summed E-state index contributed by atoms with van der Waals surface area (Å²) >= 11 is 0. The van der Waals surface area contributed by atoms with Crippen LogP contribution in [0.5, 0.6) is 0 Å². The van der Waals surface area contributed by atoms with Crippen LogP contribution in [0.25, 0.3) is 11.3 Å². The first-order chi connectivity index (χ1) is 13.9. The molecular weight excluding hydrogens is 376 g/mol. The highest BCUT2D eigenvalue weighted by atomic mass is 16.6. The van der Waals surface area contributed by atoms with Gasteiger partial charge in [-0.15, -0.1) is 0 Å². The first-order valence-corrected chi connectivity index (χ1v) is 8.48. The second-order valence-corrected chi connectivity index (χ2v) is 6.03. The summed E-state index contributed by atoms with van der Waals surface area (Å²) in [4.78, 5) is 34.0. The zero-order chi connectivity index (χ0) is 20.8. The van der Waals surface area contributed by atoms with Gasteiger partial charge in [-0.25, -0.2) is 5.43 Å². The number of nitro benzene ring substituents is 1. The molecule has 0 fully saturated rings. The molecule has 146 valence electrons. The van der Waals surface area contributed by atoms with Crippen LogP contribution in [0.3, 0.4) is 0 Å². The number of hydrogen-bond donors (Lipinski definition) is 2. The van der Waals surface area contributed by atoms with Crippen LogP contribution in [0, 0.1) is 17.0 Å². The molecule has 0 spiro atoms. The van der Waals surface area contributed by atoms with Gasteiger partial charge >= 0.3 is 11.8 Å². The molecule has 9 heteroatoms. The number of anilines is 1. The number of carbonyl (C=O) groups excluding carboxylic acids is 2. The van der Waals surface area contributed by atoms with Crippen molar-refractivity contribution in [2.24, 2.45) is 5.10 Å². The van der Waals surface area contributed by atoms with Gasteiger partial charge in [-0.05, 0) is 31.2 Å². The predicted octanol–water partition coefficient (Wildman–Crippen LogP) is 3.25. The Labute approximate surface area is 165 Å². The Kier molecular flexibility index (Phi) is 5.79. The summed E-state index contributed by atoms with van der Waals surface area (Å²) in [5.41, 5.74) is 4.10. The van der Waals surface area contributed by atoms with Gasteiger partial charge in [0.05, 0.1) is 11.1 Å². The molecule has 2 aromatic carbocycles. The van der Waals surface area contributed by atoms with Crippen molar-refractivity contribution >= 4 is 29.4 Å². The minimum Gasteiger partial charge on any atom is -0.455 e. The van der Waals surface area contributed by atoms with Gasteiger partial charge in [0.1, 0.15) is 11.5 Å². The highest BCUT2D eigenvalue weighted by molar-refractivity contribution is 6.39. The van der Waals surface area contributed by atoms with E-state index in [4.69, 9.17) is 4.42 Å². The number of non-ortho nitro benzene ring substituents is 1. The molecule has 0 aliphatic carbocycles. The minimum atomic E-state index is -0.938. The van der Waals surface area contributed by atoms with Crippen LogP contribution in [0.2, 0.25) is 0 Å². The maximum Gasteiger partial charge on any atom is 0.329 e. The fourth-order valence-corrected chi connectivity index (χ4v) is 2.38. The van der Waals surface area contributed by atoms with Crippen molar-refractivity contribution in [2.75, 3.05) is 5.32 Å². The normalized spacial score (nSPS) is 10.7. The molecule has 0 unspecified atom stereocenters. The Morgan fingerprint density at radius 3 is 2.55 bits per heavy atom. The van der Waals surface area contributed by atoms with Crippen LogP contribution >= 0.6 is 0 Å². The van der Waals surface area contributed by atoms with Crippen LogP contribution in [-0.4, -0.2) is 23.0 Å². The Morgan fingerprint density at radius 2 is 1.83 bits per heavy atom. The topological polar surface area (TPSA) is 127 Å². The van der Waals surface area contributed by atoms with E-state index < -0.39 is 16.7 Å². The van der Waals surface area contributed by atoms with Gasteiger partial charge in [-0.1, -0.05) is 29.8 Å². The smallest absolute Gasteiger partial charge is 0.329 e. The van der Waals surface area contributed by atoms with Crippen LogP contribution in [0.4, 0.5) is 11.4 Å². The number of hydrazone groups is 1. The van der Waals surface area contributed by atoms with Crippen LogP contribution in [0.1, 0.15) is 11.3 Å². The van der Waals surface area contributed by atoms with Gasteiger partial charge in [-0.2, -0.15) is 5.10 Å². The molecule has 29 heavy (non-hydrogen) atoms. The lowest BCUT2D eigenvalue weighted by atomic mass is 10.1. The maximum absolute atomic E-state index is 11.8. The number of benzene rings is 2. The average Bonchev–Trinajstić information content (AvgIpc) is 3.18. The number of hydrogen-bond acceptors (Lipinski definition) is 6. The maximum atomic E-state index is 11.8. The summed E-state index contributed by atoms with van der Waals surface area (Å²) in [5, 5.41) is 17.0. The predicted molar refractivity (Wildman–Crippen MR) is 106 cm³/mol. The largest absolute Gasteiger partial charge is 0.455 e. The third-order valence-corrected chi connectivity index (χ3v) is 3.84. The number of carbonyl (C=O) groups is 2. The molecule has 0 aliphatic rings. The number of amides is 2. The summed E-state index contributed by atoms with van der Waals surface area (Å²) in [6, 6.07) is 16.2. The molecule has 1 aromatic heterocycles. The molecule has 0 saturated carbocycles.